The maximum atomic E-state index is 14.9. The first-order valence-corrected chi connectivity index (χ1v) is 16.4. The van der Waals surface area contributed by atoms with E-state index < -0.39 is 35.1 Å². The van der Waals surface area contributed by atoms with Crippen LogP contribution >= 0.6 is 0 Å². The van der Waals surface area contributed by atoms with Crippen molar-refractivity contribution in [3.63, 3.8) is 0 Å². The zero-order valence-corrected chi connectivity index (χ0v) is 26.9. The van der Waals surface area contributed by atoms with Crippen molar-refractivity contribution in [2.45, 2.75) is 56.0 Å². The Labute approximate surface area is 276 Å². The second-order valence-corrected chi connectivity index (χ2v) is 13.1. The fourth-order valence-electron chi connectivity index (χ4n) is 8.14. The summed E-state index contributed by atoms with van der Waals surface area (Å²) in [7, 11) is 0. The summed E-state index contributed by atoms with van der Waals surface area (Å²) in [5.41, 5.74) is 0.381. The number of anilines is 1. The van der Waals surface area contributed by atoms with Crippen LogP contribution in [0.4, 0.5) is 5.69 Å². The molecule has 244 valence electrons. The molecule has 6 atom stereocenters. The van der Waals surface area contributed by atoms with Crippen molar-refractivity contribution in [1.29, 1.82) is 0 Å². The van der Waals surface area contributed by atoms with Crippen molar-refractivity contribution in [1.82, 2.24) is 9.80 Å². The van der Waals surface area contributed by atoms with E-state index in [0.717, 1.165) is 11.1 Å². The van der Waals surface area contributed by atoms with Gasteiger partial charge in [0.15, 0.2) is 0 Å². The van der Waals surface area contributed by atoms with Crippen molar-refractivity contribution < 1.29 is 24.2 Å². The predicted molar refractivity (Wildman–Crippen MR) is 181 cm³/mol. The topological polar surface area (TPSA) is 90.4 Å². The lowest BCUT2D eigenvalue weighted by atomic mass is 9.66. The van der Waals surface area contributed by atoms with Gasteiger partial charge in [-0.3, -0.25) is 14.4 Å². The summed E-state index contributed by atoms with van der Waals surface area (Å²) in [5.74, 6) is -2.57. The number of aliphatic hydroxyl groups is 1. The number of aliphatic hydroxyl groups excluding tert-OH is 1. The quantitative estimate of drug-likeness (QED) is 0.274. The number of para-hydroxylation sites is 1. The Hall–Kier alpha value is -4.53. The molecule has 47 heavy (non-hydrogen) atoms. The molecule has 0 radical (unpaired) electrons. The van der Waals surface area contributed by atoms with Gasteiger partial charge in [0.25, 0.3) is 0 Å². The Balaban J connectivity index is 1.45. The molecule has 0 saturated carbocycles. The summed E-state index contributed by atoms with van der Waals surface area (Å²) in [4.78, 5) is 49.5. The van der Waals surface area contributed by atoms with E-state index in [9.17, 15) is 19.5 Å². The lowest BCUT2D eigenvalue weighted by Crippen LogP contribution is -2.59. The number of fused-ring (bicyclic) bond motifs is 1. The van der Waals surface area contributed by atoms with Crippen LogP contribution in [0.2, 0.25) is 0 Å². The highest BCUT2D eigenvalue weighted by atomic mass is 16.5. The summed E-state index contributed by atoms with van der Waals surface area (Å²) in [6.45, 7) is 10.2. The summed E-state index contributed by atoms with van der Waals surface area (Å²) in [5, 5.41) is 10.8. The number of rotatable bonds is 13. The normalized spacial score (nSPS) is 26.5. The number of benzene rings is 3. The maximum absolute atomic E-state index is 14.9. The fraction of sp³-hybridized carbons (Fsp3) is 0.359. The van der Waals surface area contributed by atoms with Crippen molar-refractivity contribution in [3.8, 4) is 0 Å². The minimum atomic E-state index is -1.24. The molecular formula is C39H43N3O5. The lowest BCUT2D eigenvalue weighted by molar-refractivity contribution is -0.155. The molecule has 3 heterocycles. The van der Waals surface area contributed by atoms with Gasteiger partial charge in [0.2, 0.25) is 17.7 Å². The van der Waals surface area contributed by atoms with E-state index in [1.165, 1.54) is 0 Å². The number of hydrogen-bond donors (Lipinski definition) is 1. The first kappa shape index (κ1) is 32.4. The van der Waals surface area contributed by atoms with Crippen LogP contribution in [-0.2, 0) is 32.1 Å². The Morgan fingerprint density at radius 3 is 2.11 bits per heavy atom. The minimum Gasteiger partial charge on any atom is -0.394 e. The van der Waals surface area contributed by atoms with Crippen LogP contribution in [0.25, 0.3) is 0 Å². The van der Waals surface area contributed by atoms with Gasteiger partial charge in [-0.05, 0) is 49.4 Å². The van der Waals surface area contributed by atoms with Crippen LogP contribution in [0.1, 0.15) is 30.9 Å². The zero-order chi connectivity index (χ0) is 33.2. The van der Waals surface area contributed by atoms with Crippen LogP contribution in [0.5, 0.6) is 0 Å². The molecular weight excluding hydrogens is 590 g/mol. The van der Waals surface area contributed by atoms with Gasteiger partial charge in [0.1, 0.15) is 11.6 Å². The summed E-state index contributed by atoms with van der Waals surface area (Å²) in [6, 6.07) is 26.9. The van der Waals surface area contributed by atoms with Crippen molar-refractivity contribution in [2.75, 3.05) is 24.6 Å². The first-order valence-electron chi connectivity index (χ1n) is 16.4. The average Bonchev–Trinajstić information content (AvgIpc) is 3.67. The number of carbonyl (C=O) groups excluding carboxylic acids is 3. The molecule has 3 aromatic rings. The van der Waals surface area contributed by atoms with E-state index in [2.05, 4.69) is 13.2 Å². The molecule has 1 N–H and O–H groups in total. The Morgan fingerprint density at radius 1 is 0.915 bits per heavy atom. The second-order valence-electron chi connectivity index (χ2n) is 13.1. The van der Waals surface area contributed by atoms with E-state index in [1.807, 2.05) is 97.9 Å². The molecule has 8 heteroatoms. The minimum absolute atomic E-state index is 0.234. The fourth-order valence-corrected chi connectivity index (χ4v) is 8.14. The van der Waals surface area contributed by atoms with Gasteiger partial charge in [-0.15, -0.1) is 13.2 Å². The second kappa shape index (κ2) is 13.3. The Morgan fingerprint density at radius 2 is 1.51 bits per heavy atom. The monoisotopic (exact) mass is 633 g/mol. The third-order valence-electron chi connectivity index (χ3n) is 10.2. The van der Waals surface area contributed by atoms with E-state index in [0.29, 0.717) is 31.5 Å². The van der Waals surface area contributed by atoms with E-state index >= 15 is 0 Å². The van der Waals surface area contributed by atoms with Gasteiger partial charge in [-0.2, -0.15) is 0 Å². The van der Waals surface area contributed by atoms with Gasteiger partial charge in [0.05, 0.1) is 30.1 Å². The first-order chi connectivity index (χ1) is 22.8. The molecule has 3 amide bonds. The Kier molecular flexibility index (Phi) is 9.17. The van der Waals surface area contributed by atoms with Crippen molar-refractivity contribution in [2.24, 2.45) is 11.8 Å². The number of hydrogen-bond acceptors (Lipinski definition) is 5. The third-order valence-corrected chi connectivity index (χ3v) is 10.2. The average molecular weight is 634 g/mol. The highest BCUT2D eigenvalue weighted by Crippen LogP contribution is 2.64. The van der Waals surface area contributed by atoms with Gasteiger partial charge < -0.3 is 24.5 Å². The van der Waals surface area contributed by atoms with Gasteiger partial charge >= 0.3 is 0 Å². The molecule has 1 spiro atoms. The standard InChI is InChI=1S/C39H43N3O5/c1-4-23-40(26-29-17-11-7-12-18-29)37(46)34-39-22-21-38(3,47-39)32(35(44)41(24-5-2)30-19-13-8-14-20-30)33(39)36(45)42(34)31(27-43)25-28-15-9-6-10-16-28/h4-20,31-34,43H,1-2,21-27H2,3H3/t31-,32+,33+,34?,38-,39?/m1/s1. The third kappa shape index (κ3) is 5.70. The highest BCUT2D eigenvalue weighted by Gasteiger charge is 2.79. The molecule has 2 unspecified atom stereocenters. The van der Waals surface area contributed by atoms with Crippen molar-refractivity contribution in [3.05, 3.63) is 127 Å². The molecule has 3 fully saturated rings. The number of nitrogens with zero attached hydrogens (tertiary/aromatic N) is 3. The van der Waals surface area contributed by atoms with E-state index in [-0.39, 0.29) is 37.4 Å². The number of carbonyl (C=O) groups is 3. The number of ether oxygens (including phenoxy) is 1. The highest BCUT2D eigenvalue weighted by molar-refractivity contribution is 6.03. The van der Waals surface area contributed by atoms with Gasteiger partial charge in [0, 0.05) is 25.3 Å². The number of amides is 3. The summed E-state index contributed by atoms with van der Waals surface area (Å²) < 4.78 is 6.94. The SMILES string of the molecule is C=CCN(Cc1ccccc1)C(=O)C1N([C@@H](CO)Cc2ccccc2)C(=O)[C@@H]2[C@@H](C(=O)N(CC=C)c3ccccc3)[C@@]3(C)CCC12O3. The zero-order valence-electron chi connectivity index (χ0n) is 26.9. The smallest absolute Gasteiger partial charge is 0.249 e. The van der Waals surface area contributed by atoms with Gasteiger partial charge in [-0.25, -0.2) is 0 Å². The predicted octanol–water partition coefficient (Wildman–Crippen LogP) is 4.79. The van der Waals surface area contributed by atoms with Crippen LogP contribution in [0, 0.1) is 11.8 Å². The van der Waals surface area contributed by atoms with E-state index in [1.54, 1.807) is 26.9 Å². The molecule has 0 aromatic heterocycles. The molecule has 3 aromatic carbocycles. The Bertz CT molecular complexity index is 1620. The van der Waals surface area contributed by atoms with Crippen LogP contribution in [0.15, 0.2) is 116 Å². The van der Waals surface area contributed by atoms with Crippen LogP contribution in [-0.4, -0.2) is 75.6 Å². The molecule has 0 aliphatic carbocycles. The molecule has 6 rings (SSSR count). The van der Waals surface area contributed by atoms with E-state index in [4.69, 9.17) is 4.74 Å². The maximum Gasteiger partial charge on any atom is 0.249 e. The summed E-state index contributed by atoms with van der Waals surface area (Å²) >= 11 is 0. The van der Waals surface area contributed by atoms with Crippen LogP contribution < -0.4 is 4.90 Å². The van der Waals surface area contributed by atoms with Gasteiger partial charge in [-0.1, -0.05) is 91.0 Å². The molecule has 2 bridgehead atoms. The molecule has 3 aliphatic heterocycles. The summed E-state index contributed by atoms with van der Waals surface area (Å²) in [6.07, 6.45) is 4.66. The van der Waals surface area contributed by atoms with Crippen LogP contribution in [0.3, 0.4) is 0 Å². The largest absolute Gasteiger partial charge is 0.394 e. The molecule has 3 aliphatic rings. The number of likely N-dealkylation sites (tertiary alicyclic amines) is 1. The lowest BCUT2D eigenvalue weighted by Gasteiger charge is -2.39. The van der Waals surface area contributed by atoms with Crippen molar-refractivity contribution >= 4 is 23.4 Å². The molecule has 8 nitrogen and oxygen atoms in total. The molecule has 3 saturated heterocycles.